The fourth-order valence-electron chi connectivity index (χ4n) is 10.2. The first kappa shape index (κ1) is 25.9. The first-order valence-corrected chi connectivity index (χ1v) is 14.2. The molecule has 4 saturated carbocycles. The molecule has 10 unspecified atom stereocenters. The Morgan fingerprint density at radius 1 is 1.03 bits per heavy atom. The van der Waals surface area contributed by atoms with Crippen molar-refractivity contribution in [2.75, 3.05) is 13.7 Å². The Morgan fingerprint density at radius 2 is 1.72 bits per heavy atom. The third-order valence-corrected chi connectivity index (χ3v) is 12.1. The van der Waals surface area contributed by atoms with E-state index in [1.54, 1.807) is 0 Å². The highest BCUT2D eigenvalue weighted by molar-refractivity contribution is 5.95. The lowest BCUT2D eigenvalue weighted by Gasteiger charge is -2.65. The lowest BCUT2D eigenvalue weighted by molar-refractivity contribution is -0.161. The van der Waals surface area contributed by atoms with E-state index in [1.165, 1.54) is 12.7 Å². The first-order valence-electron chi connectivity index (χ1n) is 14.2. The zero-order valence-electron chi connectivity index (χ0n) is 22.8. The number of methoxy groups -OCH3 is 1. The molecule has 6 nitrogen and oxygen atoms in total. The summed E-state index contributed by atoms with van der Waals surface area (Å²) in [5, 5.41) is 13.2. The molecule has 2 N–H and O–H groups in total. The largest absolute Gasteiger partial charge is 0.481 e. The van der Waals surface area contributed by atoms with Crippen LogP contribution in [0.4, 0.5) is 0 Å². The second-order valence-electron chi connectivity index (χ2n) is 13.7. The second-order valence-corrected chi connectivity index (χ2v) is 13.7. The van der Waals surface area contributed by atoms with Crippen LogP contribution < -0.4 is 5.32 Å². The minimum Gasteiger partial charge on any atom is -0.481 e. The normalized spacial score (nSPS) is 48.0. The summed E-state index contributed by atoms with van der Waals surface area (Å²) in [5.41, 5.74) is 1.31. The van der Waals surface area contributed by atoms with Crippen molar-refractivity contribution in [2.45, 2.75) is 91.5 Å². The van der Waals surface area contributed by atoms with Crippen LogP contribution in [0.25, 0.3) is 0 Å². The molecule has 6 heteroatoms. The number of hydrogen-bond acceptors (Lipinski definition) is 5. The molecule has 0 spiro atoms. The van der Waals surface area contributed by atoms with E-state index in [1.807, 2.05) is 6.08 Å². The minimum atomic E-state index is -0.675. The van der Waals surface area contributed by atoms with Crippen LogP contribution in [0.2, 0.25) is 0 Å². The van der Waals surface area contributed by atoms with Crippen LogP contribution in [0.15, 0.2) is 11.6 Å². The van der Waals surface area contributed by atoms with Crippen molar-refractivity contribution in [1.29, 1.82) is 0 Å². The van der Waals surface area contributed by atoms with Gasteiger partial charge >= 0.3 is 11.9 Å². The van der Waals surface area contributed by atoms with Crippen LogP contribution in [-0.4, -0.2) is 42.5 Å². The smallest absolute Gasteiger partial charge is 0.319 e. The Bertz CT molecular complexity index is 974. The Labute approximate surface area is 216 Å². The second kappa shape index (κ2) is 8.96. The van der Waals surface area contributed by atoms with Crippen molar-refractivity contribution < 1.29 is 24.2 Å². The van der Waals surface area contributed by atoms with E-state index in [0.717, 1.165) is 51.4 Å². The highest BCUT2D eigenvalue weighted by Crippen LogP contribution is 2.69. The van der Waals surface area contributed by atoms with E-state index in [2.05, 4.69) is 33.0 Å². The van der Waals surface area contributed by atoms with E-state index < -0.39 is 5.97 Å². The molecular weight excluding hydrogens is 454 g/mol. The summed E-state index contributed by atoms with van der Waals surface area (Å²) in [5.74, 6) is 0.554. The third-order valence-electron chi connectivity index (χ3n) is 12.1. The molecule has 0 amide bonds. The molecule has 0 heterocycles. The topological polar surface area (TPSA) is 92.7 Å². The van der Waals surface area contributed by atoms with Crippen molar-refractivity contribution in [1.82, 2.24) is 5.32 Å². The minimum absolute atomic E-state index is 0.0183. The monoisotopic (exact) mass is 499 g/mol. The van der Waals surface area contributed by atoms with Crippen LogP contribution in [-0.2, 0) is 19.1 Å². The maximum absolute atomic E-state index is 14.1. The predicted molar refractivity (Wildman–Crippen MR) is 137 cm³/mol. The summed E-state index contributed by atoms with van der Waals surface area (Å²) in [6, 6.07) is 0.266. The van der Waals surface area contributed by atoms with E-state index in [0.29, 0.717) is 30.0 Å². The maximum Gasteiger partial charge on any atom is 0.319 e. The van der Waals surface area contributed by atoms with Gasteiger partial charge in [0.05, 0.1) is 19.6 Å². The summed E-state index contributed by atoms with van der Waals surface area (Å²) in [6.45, 7) is 9.64. The van der Waals surface area contributed by atoms with Gasteiger partial charge in [-0.2, -0.15) is 0 Å². The summed E-state index contributed by atoms with van der Waals surface area (Å²) in [7, 11) is 1.42. The number of esters is 1. The highest BCUT2D eigenvalue weighted by Gasteiger charge is 2.64. The summed E-state index contributed by atoms with van der Waals surface area (Å²) >= 11 is 0. The van der Waals surface area contributed by atoms with E-state index in [-0.39, 0.29) is 52.6 Å². The summed E-state index contributed by atoms with van der Waals surface area (Å²) in [6.07, 6.45) is 10.8. The number of carbonyl (C=O) groups is 3. The zero-order valence-corrected chi connectivity index (χ0v) is 22.8. The number of hydrogen-bond donors (Lipinski definition) is 2. The fraction of sp³-hybridized carbons (Fsp3) is 0.833. The molecule has 5 aliphatic carbocycles. The Hall–Kier alpha value is -1.69. The van der Waals surface area contributed by atoms with Gasteiger partial charge in [0.15, 0.2) is 5.78 Å². The predicted octanol–water partition coefficient (Wildman–Crippen LogP) is 5.01. The lowest BCUT2D eigenvalue weighted by atomic mass is 9.38. The third kappa shape index (κ3) is 3.80. The molecule has 5 rings (SSSR count). The number of ether oxygens (including phenoxy) is 1. The number of ketones is 1. The van der Waals surface area contributed by atoms with E-state index in [4.69, 9.17) is 4.74 Å². The quantitative estimate of drug-likeness (QED) is 0.528. The van der Waals surface area contributed by atoms with Gasteiger partial charge in [-0.25, -0.2) is 0 Å². The van der Waals surface area contributed by atoms with Crippen LogP contribution in [0.3, 0.4) is 0 Å². The molecule has 200 valence electrons. The molecule has 0 aromatic heterocycles. The van der Waals surface area contributed by atoms with Crippen molar-refractivity contribution in [2.24, 2.45) is 51.8 Å². The number of nitrogens with one attached hydrogen (secondary N) is 1. The fourth-order valence-corrected chi connectivity index (χ4v) is 10.2. The maximum atomic E-state index is 14.1. The van der Waals surface area contributed by atoms with Crippen LogP contribution in [0, 0.1) is 51.8 Å². The van der Waals surface area contributed by atoms with Gasteiger partial charge in [0, 0.05) is 12.0 Å². The molecule has 0 aliphatic heterocycles. The molecular formula is C30H45NO5. The molecule has 0 radical (unpaired) electrons. The van der Waals surface area contributed by atoms with Gasteiger partial charge < -0.3 is 15.2 Å². The molecule has 4 fully saturated rings. The Morgan fingerprint density at radius 3 is 2.42 bits per heavy atom. The van der Waals surface area contributed by atoms with Gasteiger partial charge in [0.1, 0.15) is 0 Å². The van der Waals surface area contributed by atoms with Crippen molar-refractivity contribution >= 4 is 17.7 Å². The van der Waals surface area contributed by atoms with Gasteiger partial charge in [0.2, 0.25) is 0 Å². The van der Waals surface area contributed by atoms with E-state index in [9.17, 15) is 19.5 Å². The van der Waals surface area contributed by atoms with Crippen molar-refractivity contribution in [3.63, 3.8) is 0 Å². The Kier molecular flexibility index (Phi) is 6.45. The highest BCUT2D eigenvalue weighted by atomic mass is 16.5. The zero-order chi connectivity index (χ0) is 26.0. The molecule has 5 aliphatic rings. The number of rotatable bonds is 4. The SMILES string of the molecule is COC(=O)CNC1CCC2(C)C(CCC3(C)C4CCC5(C)CCC(C(=O)O)CC5C4=CC(=O)C32)C1C. The lowest BCUT2D eigenvalue weighted by Crippen LogP contribution is -2.63. The van der Waals surface area contributed by atoms with Gasteiger partial charge in [-0.3, -0.25) is 14.4 Å². The molecule has 0 saturated heterocycles. The van der Waals surface area contributed by atoms with Crippen molar-refractivity contribution in [3.05, 3.63) is 11.6 Å². The van der Waals surface area contributed by atoms with E-state index >= 15 is 0 Å². The first-order chi connectivity index (χ1) is 16.9. The molecule has 0 bridgehead atoms. The summed E-state index contributed by atoms with van der Waals surface area (Å²) in [4.78, 5) is 37.7. The van der Waals surface area contributed by atoms with Crippen LogP contribution in [0.1, 0.15) is 85.5 Å². The number of allylic oxidation sites excluding steroid dienone is 2. The average molecular weight is 500 g/mol. The number of carboxylic acid groups (broad SMARTS) is 1. The molecule has 0 aromatic carbocycles. The van der Waals surface area contributed by atoms with Gasteiger partial charge in [-0.05, 0) is 104 Å². The van der Waals surface area contributed by atoms with Crippen LogP contribution in [0.5, 0.6) is 0 Å². The Balaban J connectivity index is 1.44. The van der Waals surface area contributed by atoms with Crippen LogP contribution >= 0.6 is 0 Å². The molecule has 36 heavy (non-hydrogen) atoms. The molecule has 10 atom stereocenters. The average Bonchev–Trinajstić information content (AvgIpc) is 2.82. The number of carbonyl (C=O) groups excluding carboxylic acids is 2. The van der Waals surface area contributed by atoms with Gasteiger partial charge in [0.25, 0.3) is 0 Å². The molecule has 0 aromatic rings. The number of aliphatic carboxylic acids is 1. The number of carboxylic acids is 1. The number of fused-ring (bicyclic) bond motifs is 7. The summed E-state index contributed by atoms with van der Waals surface area (Å²) < 4.78 is 4.83. The standard InChI is InChI=1S/C30H45NO5/c1-17-20-8-12-30(4)21-7-11-28(2)10-6-18(27(34)35)14-22(28)19(21)15-24(32)26(30)29(20,3)13-9-23(17)31-16-25(33)36-5/h15,17-18,20-23,26,31H,6-14,16H2,1-5H3,(H,34,35). The van der Waals surface area contributed by atoms with Crippen molar-refractivity contribution in [3.8, 4) is 0 Å². The van der Waals surface area contributed by atoms with Gasteiger partial charge in [-0.1, -0.05) is 33.3 Å². The van der Waals surface area contributed by atoms with Gasteiger partial charge in [-0.15, -0.1) is 0 Å².